The lowest BCUT2D eigenvalue weighted by molar-refractivity contribution is 0.0510. The Morgan fingerprint density at radius 1 is 1.25 bits per heavy atom. The summed E-state index contributed by atoms with van der Waals surface area (Å²) in [6.45, 7) is 12.2. The van der Waals surface area contributed by atoms with Gasteiger partial charge in [-0.1, -0.05) is 37.3 Å². The number of hydrogen-bond donors (Lipinski definition) is 0. The van der Waals surface area contributed by atoms with Crippen molar-refractivity contribution >= 4 is 31.5 Å². The monoisotopic (exact) mass is 476 g/mol. The summed E-state index contributed by atoms with van der Waals surface area (Å²) in [7, 11) is -1.18. The number of ether oxygens (including phenoxy) is 2. The molecule has 7 nitrogen and oxygen atoms in total. The summed E-state index contributed by atoms with van der Waals surface area (Å²) in [4.78, 5) is 19.2. The van der Waals surface area contributed by atoms with E-state index in [1.165, 1.54) is 6.42 Å². The Labute approximate surface area is 196 Å². The highest BCUT2D eigenvalue weighted by Gasteiger charge is 2.45. The molecule has 0 N–H and O–H groups in total. The minimum absolute atomic E-state index is 0.285. The van der Waals surface area contributed by atoms with Crippen molar-refractivity contribution in [3.63, 3.8) is 0 Å². The molecule has 1 aliphatic carbocycles. The number of rotatable bonds is 10. The third kappa shape index (κ3) is 5.71. The van der Waals surface area contributed by atoms with E-state index < -0.39 is 14.0 Å². The van der Waals surface area contributed by atoms with Crippen LogP contribution in [0.15, 0.2) is 18.2 Å². The standard InChI is InChI=1S/C23H33ClN4O3Si/c1-5-31-23(29)20-12-19(28(26-20)15-30-8-9-32(2,3)4)11-16-6-7-21(25-22(16)24)27-13-17-10-18(17)14-27/h6-7,12,17-18H,5,8-11,13-15H2,1-4H3. The number of esters is 1. The molecule has 0 spiro atoms. The Morgan fingerprint density at radius 3 is 2.66 bits per heavy atom. The van der Waals surface area contributed by atoms with E-state index in [4.69, 9.17) is 21.1 Å². The lowest BCUT2D eigenvalue weighted by Gasteiger charge is -2.19. The lowest BCUT2D eigenvalue weighted by Crippen LogP contribution is -2.23. The Hall–Kier alpha value is -1.90. The molecule has 2 aliphatic rings. The van der Waals surface area contributed by atoms with E-state index in [0.717, 1.165) is 48.0 Å². The molecular weight excluding hydrogens is 444 g/mol. The molecule has 2 fully saturated rings. The number of nitrogens with zero attached hydrogens (tertiary/aromatic N) is 4. The summed E-state index contributed by atoms with van der Waals surface area (Å²) in [5.41, 5.74) is 2.03. The van der Waals surface area contributed by atoms with Crippen LogP contribution in [-0.4, -0.2) is 55.1 Å². The van der Waals surface area contributed by atoms with Crippen LogP contribution >= 0.6 is 11.6 Å². The second-order valence-corrected chi connectivity index (χ2v) is 16.0. The zero-order valence-corrected chi connectivity index (χ0v) is 21.2. The zero-order chi connectivity index (χ0) is 22.9. The molecule has 2 unspecified atom stereocenters. The first-order valence-corrected chi connectivity index (χ1v) is 15.5. The molecule has 1 saturated carbocycles. The Kier molecular flexibility index (Phi) is 6.93. The van der Waals surface area contributed by atoms with E-state index in [9.17, 15) is 4.79 Å². The van der Waals surface area contributed by atoms with Gasteiger partial charge < -0.3 is 14.4 Å². The van der Waals surface area contributed by atoms with Gasteiger partial charge in [0.05, 0.1) is 6.61 Å². The van der Waals surface area contributed by atoms with Crippen LogP contribution in [0.2, 0.25) is 30.8 Å². The third-order valence-corrected chi connectivity index (χ3v) is 8.17. The molecule has 4 rings (SSSR count). The predicted molar refractivity (Wildman–Crippen MR) is 128 cm³/mol. The molecule has 0 bridgehead atoms. The number of carbonyl (C=O) groups excluding carboxylic acids is 1. The maximum absolute atomic E-state index is 12.2. The number of halogens is 1. The van der Waals surface area contributed by atoms with E-state index >= 15 is 0 Å². The number of piperidine rings is 1. The van der Waals surface area contributed by atoms with Crippen LogP contribution in [0.25, 0.3) is 0 Å². The first-order valence-electron chi connectivity index (χ1n) is 11.5. The van der Waals surface area contributed by atoms with Gasteiger partial charge in [0.25, 0.3) is 0 Å². The average molecular weight is 477 g/mol. The molecule has 2 atom stereocenters. The molecule has 3 heterocycles. The summed E-state index contributed by atoms with van der Waals surface area (Å²) in [5.74, 6) is 2.20. The topological polar surface area (TPSA) is 69.5 Å². The normalized spacial score (nSPS) is 19.8. The highest BCUT2D eigenvalue weighted by Crippen LogP contribution is 2.46. The molecule has 1 saturated heterocycles. The Morgan fingerprint density at radius 2 is 2.00 bits per heavy atom. The van der Waals surface area contributed by atoms with Crippen molar-refractivity contribution in [2.24, 2.45) is 11.8 Å². The fourth-order valence-electron chi connectivity index (χ4n) is 4.09. The number of pyridine rings is 1. The van der Waals surface area contributed by atoms with Crippen LogP contribution in [0.4, 0.5) is 5.82 Å². The van der Waals surface area contributed by atoms with Gasteiger partial charge in [0.15, 0.2) is 5.69 Å². The zero-order valence-electron chi connectivity index (χ0n) is 19.4. The number of fused-ring (bicyclic) bond motifs is 1. The van der Waals surface area contributed by atoms with Gasteiger partial charge in [-0.25, -0.2) is 14.5 Å². The van der Waals surface area contributed by atoms with Gasteiger partial charge in [-0.2, -0.15) is 5.10 Å². The van der Waals surface area contributed by atoms with Gasteiger partial charge in [-0.05, 0) is 48.9 Å². The van der Waals surface area contributed by atoms with Crippen molar-refractivity contribution in [1.82, 2.24) is 14.8 Å². The van der Waals surface area contributed by atoms with Gasteiger partial charge in [0, 0.05) is 39.9 Å². The average Bonchev–Trinajstić information content (AvgIpc) is 3.14. The molecule has 2 aromatic rings. The van der Waals surface area contributed by atoms with Crippen LogP contribution in [0, 0.1) is 11.8 Å². The maximum atomic E-state index is 12.2. The fourth-order valence-corrected chi connectivity index (χ4v) is 5.06. The Bertz CT molecular complexity index is 965. The highest BCUT2D eigenvalue weighted by molar-refractivity contribution is 6.76. The van der Waals surface area contributed by atoms with Crippen molar-refractivity contribution < 1.29 is 14.3 Å². The highest BCUT2D eigenvalue weighted by atomic mass is 35.5. The van der Waals surface area contributed by atoms with Crippen LogP contribution in [-0.2, 0) is 22.6 Å². The van der Waals surface area contributed by atoms with E-state index in [1.807, 2.05) is 12.1 Å². The second-order valence-electron chi connectivity index (χ2n) is 10.0. The van der Waals surface area contributed by atoms with Gasteiger partial charge in [0.2, 0.25) is 0 Å². The van der Waals surface area contributed by atoms with Crippen molar-refractivity contribution in [1.29, 1.82) is 0 Å². The van der Waals surface area contributed by atoms with Crippen molar-refractivity contribution in [3.8, 4) is 0 Å². The SMILES string of the molecule is CCOC(=O)c1cc(Cc2ccc(N3CC4CC4C3)nc2Cl)n(COCC[Si](C)(C)C)n1. The van der Waals surface area contributed by atoms with E-state index in [0.29, 0.717) is 31.5 Å². The minimum Gasteiger partial charge on any atom is -0.461 e. The third-order valence-electron chi connectivity index (χ3n) is 6.14. The number of hydrogen-bond acceptors (Lipinski definition) is 6. The van der Waals surface area contributed by atoms with E-state index in [2.05, 4.69) is 34.6 Å². The van der Waals surface area contributed by atoms with Gasteiger partial charge in [-0.3, -0.25) is 0 Å². The summed E-state index contributed by atoms with van der Waals surface area (Å²) in [6.07, 6.45) is 1.87. The van der Waals surface area contributed by atoms with E-state index in [1.54, 1.807) is 17.7 Å². The van der Waals surface area contributed by atoms with Crippen molar-refractivity contribution in [2.45, 2.75) is 52.2 Å². The Balaban J connectivity index is 1.47. The van der Waals surface area contributed by atoms with Gasteiger partial charge in [-0.15, -0.1) is 0 Å². The number of aromatic nitrogens is 3. The molecule has 2 aromatic heterocycles. The van der Waals surface area contributed by atoms with Gasteiger partial charge in [0.1, 0.15) is 17.7 Å². The maximum Gasteiger partial charge on any atom is 0.358 e. The molecular formula is C23H33ClN4O3Si. The summed E-state index contributed by atoms with van der Waals surface area (Å²) < 4.78 is 12.7. The first kappa shape index (κ1) is 23.3. The lowest BCUT2D eigenvalue weighted by atomic mass is 10.1. The number of carbonyl (C=O) groups is 1. The molecule has 0 radical (unpaired) electrons. The molecule has 174 valence electrons. The van der Waals surface area contributed by atoms with Crippen LogP contribution in [0.3, 0.4) is 0 Å². The van der Waals surface area contributed by atoms with Crippen LogP contribution < -0.4 is 4.90 Å². The molecule has 1 aliphatic heterocycles. The van der Waals surface area contributed by atoms with Gasteiger partial charge >= 0.3 is 5.97 Å². The van der Waals surface area contributed by atoms with Crippen molar-refractivity contribution in [2.75, 3.05) is 31.2 Å². The first-order chi connectivity index (χ1) is 15.2. The fraction of sp³-hybridized carbons (Fsp3) is 0.609. The summed E-state index contributed by atoms with van der Waals surface area (Å²) >= 11 is 6.57. The summed E-state index contributed by atoms with van der Waals surface area (Å²) in [6, 6.07) is 6.91. The van der Waals surface area contributed by atoms with Crippen LogP contribution in [0.5, 0.6) is 0 Å². The molecule has 9 heteroatoms. The molecule has 32 heavy (non-hydrogen) atoms. The smallest absolute Gasteiger partial charge is 0.358 e. The van der Waals surface area contributed by atoms with Crippen LogP contribution in [0.1, 0.15) is 35.1 Å². The summed E-state index contributed by atoms with van der Waals surface area (Å²) in [5, 5.41) is 4.93. The number of anilines is 1. The van der Waals surface area contributed by atoms with Crippen molar-refractivity contribution in [3.05, 3.63) is 40.3 Å². The second kappa shape index (κ2) is 9.53. The minimum atomic E-state index is -1.18. The molecule has 0 aromatic carbocycles. The van der Waals surface area contributed by atoms with E-state index in [-0.39, 0.29) is 5.69 Å². The predicted octanol–water partition coefficient (Wildman–Crippen LogP) is 4.47. The quantitative estimate of drug-likeness (QED) is 0.218. The molecule has 0 amide bonds. The largest absolute Gasteiger partial charge is 0.461 e.